The van der Waals surface area contributed by atoms with Crippen molar-refractivity contribution in [3.63, 3.8) is 0 Å². The summed E-state index contributed by atoms with van der Waals surface area (Å²) in [6, 6.07) is 6.14. The first kappa shape index (κ1) is 23.6. The van der Waals surface area contributed by atoms with Gasteiger partial charge in [0.2, 0.25) is 0 Å². The van der Waals surface area contributed by atoms with Gasteiger partial charge in [-0.25, -0.2) is 0 Å². The summed E-state index contributed by atoms with van der Waals surface area (Å²) in [6.45, 7) is 16.6. The van der Waals surface area contributed by atoms with Crippen molar-refractivity contribution in [2.24, 2.45) is 0 Å². The molecule has 0 aromatic heterocycles. The molecule has 0 amide bonds. The Balaban J connectivity index is -0.000000242. The molecule has 1 rings (SSSR count). The van der Waals surface area contributed by atoms with Crippen LogP contribution < -0.4 is 0 Å². The third-order valence-corrected chi connectivity index (χ3v) is 2.44. The molecule has 0 aliphatic rings. The number of benzene rings is 1. The van der Waals surface area contributed by atoms with E-state index in [1.807, 2.05) is 39.8 Å². The lowest BCUT2D eigenvalue weighted by Crippen LogP contribution is -1.81. The van der Waals surface area contributed by atoms with Crippen molar-refractivity contribution in [1.82, 2.24) is 0 Å². The quantitative estimate of drug-likeness (QED) is 0.541. The van der Waals surface area contributed by atoms with E-state index >= 15 is 0 Å². The van der Waals surface area contributed by atoms with Gasteiger partial charge in [0.05, 0.1) is 0 Å². The van der Waals surface area contributed by atoms with Crippen LogP contribution >= 0.6 is 11.6 Å². The molecule has 0 aliphatic carbocycles. The first-order valence-electron chi connectivity index (χ1n) is 7.90. The minimum Gasteiger partial charge on any atom is -0.0843 e. The predicted molar refractivity (Wildman–Crippen MR) is 93.5 cm³/mol. The van der Waals surface area contributed by atoms with Crippen molar-refractivity contribution in [3.8, 4) is 0 Å². The summed E-state index contributed by atoms with van der Waals surface area (Å²) >= 11 is 5.83. The molecule has 0 nitrogen and oxygen atoms in total. The maximum absolute atomic E-state index is 5.83. The van der Waals surface area contributed by atoms with Gasteiger partial charge in [0.1, 0.15) is 0 Å². The average Bonchev–Trinajstić information content (AvgIpc) is 2.44. The lowest BCUT2D eigenvalue weighted by atomic mass is 10.1. The Morgan fingerprint density at radius 3 is 1.58 bits per heavy atom. The van der Waals surface area contributed by atoms with Crippen molar-refractivity contribution in [1.29, 1.82) is 0 Å². The molecule has 0 N–H and O–H groups in total. The van der Waals surface area contributed by atoms with Crippen LogP contribution in [0.4, 0.5) is 0 Å². The van der Waals surface area contributed by atoms with E-state index in [-0.39, 0.29) is 0 Å². The van der Waals surface area contributed by atoms with Crippen molar-refractivity contribution < 1.29 is 0 Å². The molecule has 0 spiro atoms. The first-order valence-corrected chi connectivity index (χ1v) is 8.27. The molecule has 1 aromatic carbocycles. The monoisotopic (exact) mass is 286 g/mol. The molecule has 0 fully saturated rings. The highest BCUT2D eigenvalue weighted by Crippen LogP contribution is 2.14. The summed E-state index contributed by atoms with van der Waals surface area (Å²) in [6.07, 6.45) is 5.13. The zero-order valence-electron chi connectivity index (χ0n) is 14.4. The Hall–Kier alpha value is -0.490. The molecule has 0 heterocycles. The van der Waals surface area contributed by atoms with Gasteiger partial charge >= 0.3 is 0 Å². The Labute approximate surface area is 127 Å². The molecule has 0 bridgehead atoms. The number of rotatable bonds is 3. The van der Waals surface area contributed by atoms with E-state index < -0.39 is 0 Å². The topological polar surface area (TPSA) is 0 Å². The summed E-state index contributed by atoms with van der Waals surface area (Å²) in [5.74, 6) is 0. The third-order valence-electron chi connectivity index (χ3n) is 2.22. The second-order valence-electron chi connectivity index (χ2n) is 3.84. The van der Waals surface area contributed by atoms with Gasteiger partial charge in [-0.15, -0.1) is 0 Å². The molecule has 114 valence electrons. The summed E-state index contributed by atoms with van der Waals surface area (Å²) in [5.41, 5.74) is 2.55. The number of hydrogen-bond donors (Lipinski definition) is 0. The molecule has 0 saturated heterocycles. The largest absolute Gasteiger partial charge is 0.0843 e. The standard InChI is InChI=1S/C9H11Cl.C5H12.2C2H6/c1-3-8-4-7(2)5-9(10)6-8;1-3-5-4-2;2*1-2/h4-6H,3H2,1-2H3;3-5H2,1-2H3;2*1-2H3. The smallest absolute Gasteiger partial charge is 0.0411 e. The average molecular weight is 287 g/mol. The SMILES string of the molecule is CC.CC.CCCCC.CCc1cc(C)cc(Cl)c1. The second kappa shape index (κ2) is 19.8. The maximum atomic E-state index is 5.83. The van der Waals surface area contributed by atoms with Crippen molar-refractivity contribution in [3.05, 3.63) is 34.3 Å². The van der Waals surface area contributed by atoms with Gasteiger partial charge in [0, 0.05) is 5.02 Å². The molecule has 19 heavy (non-hydrogen) atoms. The fraction of sp³-hybridized carbons (Fsp3) is 0.667. The summed E-state index contributed by atoms with van der Waals surface area (Å²) in [4.78, 5) is 0. The van der Waals surface area contributed by atoms with Gasteiger partial charge in [0.15, 0.2) is 0 Å². The van der Waals surface area contributed by atoms with Crippen LogP contribution in [0.5, 0.6) is 0 Å². The van der Waals surface area contributed by atoms with Gasteiger partial charge in [-0.1, -0.05) is 85.4 Å². The highest BCUT2D eigenvalue weighted by atomic mass is 35.5. The van der Waals surface area contributed by atoms with E-state index in [0.717, 1.165) is 11.4 Å². The van der Waals surface area contributed by atoms with Gasteiger partial charge in [-0.3, -0.25) is 0 Å². The van der Waals surface area contributed by atoms with Crippen molar-refractivity contribution >= 4 is 11.6 Å². The van der Waals surface area contributed by atoms with Crippen LogP contribution in [-0.4, -0.2) is 0 Å². The molecule has 1 aromatic rings. The first-order chi connectivity index (χ1) is 9.13. The van der Waals surface area contributed by atoms with Gasteiger partial charge in [-0.2, -0.15) is 0 Å². The summed E-state index contributed by atoms with van der Waals surface area (Å²) in [5, 5.41) is 0.844. The minimum absolute atomic E-state index is 0.844. The fourth-order valence-corrected chi connectivity index (χ4v) is 1.68. The van der Waals surface area contributed by atoms with Crippen LogP contribution in [0, 0.1) is 6.92 Å². The highest BCUT2D eigenvalue weighted by molar-refractivity contribution is 6.30. The Kier molecular flexibility index (Phi) is 24.6. The highest BCUT2D eigenvalue weighted by Gasteiger charge is 1.92. The number of hydrogen-bond acceptors (Lipinski definition) is 0. The van der Waals surface area contributed by atoms with Crippen LogP contribution in [-0.2, 0) is 6.42 Å². The van der Waals surface area contributed by atoms with E-state index in [0.29, 0.717) is 0 Å². The molecule has 0 radical (unpaired) electrons. The molecular formula is C18H35Cl. The summed E-state index contributed by atoms with van der Waals surface area (Å²) in [7, 11) is 0. The Bertz CT molecular complexity index is 244. The molecule has 0 saturated carbocycles. The van der Waals surface area contributed by atoms with E-state index in [1.165, 1.54) is 30.4 Å². The molecule has 1 heteroatoms. The van der Waals surface area contributed by atoms with Crippen LogP contribution in [0.1, 0.15) is 78.9 Å². The number of aryl methyl sites for hydroxylation is 2. The molecule has 0 atom stereocenters. The van der Waals surface area contributed by atoms with Crippen LogP contribution in [0.25, 0.3) is 0 Å². The number of halogens is 1. The Morgan fingerprint density at radius 2 is 1.32 bits per heavy atom. The second-order valence-corrected chi connectivity index (χ2v) is 4.28. The number of unbranched alkanes of at least 4 members (excludes halogenated alkanes) is 2. The third kappa shape index (κ3) is 17.5. The van der Waals surface area contributed by atoms with E-state index in [2.05, 4.69) is 33.8 Å². The molecular weight excluding hydrogens is 252 g/mol. The normalized spacial score (nSPS) is 8.05. The fourth-order valence-electron chi connectivity index (χ4n) is 1.37. The van der Waals surface area contributed by atoms with Gasteiger partial charge < -0.3 is 0 Å². The lowest BCUT2D eigenvalue weighted by molar-refractivity contribution is 0.772. The van der Waals surface area contributed by atoms with E-state index in [1.54, 1.807) is 0 Å². The zero-order chi connectivity index (χ0) is 15.7. The van der Waals surface area contributed by atoms with Crippen molar-refractivity contribution in [2.75, 3.05) is 0 Å². The van der Waals surface area contributed by atoms with Crippen LogP contribution in [0.15, 0.2) is 18.2 Å². The van der Waals surface area contributed by atoms with Crippen LogP contribution in [0.2, 0.25) is 5.02 Å². The van der Waals surface area contributed by atoms with Crippen molar-refractivity contribution in [2.45, 2.75) is 81.1 Å². The molecule has 0 aliphatic heterocycles. The minimum atomic E-state index is 0.844. The van der Waals surface area contributed by atoms with Gasteiger partial charge in [0.25, 0.3) is 0 Å². The predicted octanol–water partition coefficient (Wildman–Crippen LogP) is 7.46. The lowest BCUT2D eigenvalue weighted by Gasteiger charge is -1.98. The van der Waals surface area contributed by atoms with E-state index in [4.69, 9.17) is 11.6 Å². The van der Waals surface area contributed by atoms with E-state index in [9.17, 15) is 0 Å². The molecule has 0 unspecified atom stereocenters. The maximum Gasteiger partial charge on any atom is 0.0411 e. The summed E-state index contributed by atoms with van der Waals surface area (Å²) < 4.78 is 0. The van der Waals surface area contributed by atoms with Crippen LogP contribution in [0.3, 0.4) is 0 Å². The zero-order valence-corrected chi connectivity index (χ0v) is 15.2. The van der Waals surface area contributed by atoms with Gasteiger partial charge in [-0.05, 0) is 36.6 Å². The Morgan fingerprint density at radius 1 is 0.842 bits per heavy atom.